The van der Waals surface area contributed by atoms with E-state index in [1.807, 2.05) is 0 Å². The van der Waals surface area contributed by atoms with E-state index in [4.69, 9.17) is 4.74 Å². The highest BCUT2D eigenvalue weighted by Crippen LogP contribution is 2.26. The van der Waals surface area contributed by atoms with Crippen LogP contribution in [0.2, 0.25) is 0 Å². The van der Waals surface area contributed by atoms with Gasteiger partial charge >= 0.3 is 0 Å². The highest BCUT2D eigenvalue weighted by molar-refractivity contribution is 5.85. The summed E-state index contributed by atoms with van der Waals surface area (Å²) < 4.78 is 31.0. The molecule has 17 heavy (non-hydrogen) atoms. The molecule has 0 aliphatic carbocycles. The van der Waals surface area contributed by atoms with Gasteiger partial charge in [0.25, 0.3) is 5.92 Å². The van der Waals surface area contributed by atoms with Gasteiger partial charge in [-0.1, -0.05) is 0 Å². The Labute approximate surface area is 105 Å². The summed E-state index contributed by atoms with van der Waals surface area (Å²) in [5, 5.41) is 2.57. The monoisotopic (exact) mass is 270 g/mol. The maximum absolute atomic E-state index is 12.9. The summed E-state index contributed by atoms with van der Waals surface area (Å²) >= 11 is 0. The molecule has 0 aromatic rings. The molecule has 7 heteroatoms. The van der Waals surface area contributed by atoms with E-state index in [0.29, 0.717) is 13.1 Å². The highest BCUT2D eigenvalue weighted by atomic mass is 35.5. The summed E-state index contributed by atoms with van der Waals surface area (Å²) in [5.41, 5.74) is 0. The summed E-state index contributed by atoms with van der Waals surface area (Å²) in [6.45, 7) is 0.713. The van der Waals surface area contributed by atoms with Gasteiger partial charge in [0.1, 0.15) is 0 Å². The molecule has 0 bridgehead atoms. The number of methoxy groups -OCH3 is 1. The van der Waals surface area contributed by atoms with Gasteiger partial charge in [-0.05, 0) is 6.42 Å². The van der Waals surface area contributed by atoms with Crippen molar-refractivity contribution in [2.24, 2.45) is 0 Å². The van der Waals surface area contributed by atoms with Crippen molar-refractivity contribution in [1.29, 1.82) is 0 Å². The fraction of sp³-hybridized carbons (Fsp3) is 0.900. The van der Waals surface area contributed by atoms with Gasteiger partial charge in [0.15, 0.2) is 0 Å². The van der Waals surface area contributed by atoms with Gasteiger partial charge < -0.3 is 9.64 Å². The Morgan fingerprint density at radius 1 is 1.53 bits per heavy atom. The number of nitrogens with zero attached hydrogens (tertiary/aromatic N) is 1. The second kappa shape index (κ2) is 5.46. The topological polar surface area (TPSA) is 41.6 Å². The average molecular weight is 271 g/mol. The van der Waals surface area contributed by atoms with Crippen LogP contribution in [0.15, 0.2) is 0 Å². The van der Waals surface area contributed by atoms with Gasteiger partial charge in [-0.25, -0.2) is 8.78 Å². The van der Waals surface area contributed by atoms with Crippen molar-refractivity contribution in [2.45, 2.75) is 30.9 Å². The van der Waals surface area contributed by atoms with Crippen LogP contribution in [0.4, 0.5) is 8.78 Å². The first-order valence-corrected chi connectivity index (χ1v) is 5.44. The molecule has 2 atom stereocenters. The summed E-state index contributed by atoms with van der Waals surface area (Å²) in [6, 6.07) is -0.731. The number of amides is 1. The Kier molecular flexibility index (Phi) is 4.69. The van der Waals surface area contributed by atoms with Gasteiger partial charge in [0, 0.05) is 26.6 Å². The third kappa shape index (κ3) is 3.26. The maximum Gasteiger partial charge on any atom is 0.262 e. The molecule has 2 fully saturated rings. The maximum atomic E-state index is 12.9. The minimum absolute atomic E-state index is 0. The minimum Gasteiger partial charge on any atom is -0.380 e. The number of ether oxygens (including phenoxy) is 1. The normalized spacial score (nSPS) is 31.4. The van der Waals surface area contributed by atoms with E-state index in [9.17, 15) is 13.6 Å². The number of carbonyl (C=O) groups excluding carboxylic acids is 1. The van der Waals surface area contributed by atoms with Crippen LogP contribution in [0, 0.1) is 0 Å². The summed E-state index contributed by atoms with van der Waals surface area (Å²) in [7, 11) is 1.60. The molecular formula is C10H17ClF2N2O2. The lowest BCUT2D eigenvalue weighted by atomic mass is 10.2. The molecule has 1 amide bonds. The van der Waals surface area contributed by atoms with Crippen LogP contribution < -0.4 is 5.32 Å². The van der Waals surface area contributed by atoms with Gasteiger partial charge in [0.2, 0.25) is 5.91 Å². The largest absolute Gasteiger partial charge is 0.380 e. The smallest absolute Gasteiger partial charge is 0.262 e. The molecule has 100 valence electrons. The number of halogens is 3. The van der Waals surface area contributed by atoms with E-state index in [-0.39, 0.29) is 30.8 Å². The van der Waals surface area contributed by atoms with Crippen LogP contribution >= 0.6 is 12.4 Å². The van der Waals surface area contributed by atoms with E-state index >= 15 is 0 Å². The van der Waals surface area contributed by atoms with Crippen molar-refractivity contribution < 1.29 is 18.3 Å². The molecule has 2 aliphatic heterocycles. The van der Waals surface area contributed by atoms with Gasteiger partial charge in [-0.2, -0.15) is 0 Å². The number of alkyl halides is 2. The summed E-state index contributed by atoms with van der Waals surface area (Å²) in [6.07, 6.45) is 0.441. The minimum atomic E-state index is -2.75. The van der Waals surface area contributed by atoms with Crippen molar-refractivity contribution in [2.75, 3.05) is 26.7 Å². The second-order valence-corrected chi connectivity index (χ2v) is 4.42. The predicted octanol–water partition coefficient (Wildman–Crippen LogP) is 0.653. The molecule has 4 nitrogen and oxygen atoms in total. The lowest BCUT2D eigenvalue weighted by Crippen LogP contribution is -2.42. The lowest BCUT2D eigenvalue weighted by molar-refractivity contribution is -0.133. The number of hydrogen-bond acceptors (Lipinski definition) is 3. The lowest BCUT2D eigenvalue weighted by Gasteiger charge is -2.20. The van der Waals surface area contributed by atoms with Crippen molar-refractivity contribution in [3.8, 4) is 0 Å². The van der Waals surface area contributed by atoms with E-state index in [1.165, 1.54) is 0 Å². The van der Waals surface area contributed by atoms with Crippen molar-refractivity contribution in [1.82, 2.24) is 10.2 Å². The zero-order valence-corrected chi connectivity index (χ0v) is 10.4. The van der Waals surface area contributed by atoms with Crippen LogP contribution in [0.5, 0.6) is 0 Å². The van der Waals surface area contributed by atoms with E-state index in [1.54, 1.807) is 12.0 Å². The first-order valence-electron chi connectivity index (χ1n) is 5.44. The van der Waals surface area contributed by atoms with Crippen LogP contribution in [0.3, 0.4) is 0 Å². The highest BCUT2D eigenvalue weighted by Gasteiger charge is 2.44. The fourth-order valence-electron chi connectivity index (χ4n) is 2.23. The molecule has 2 rings (SSSR count). The Balaban J connectivity index is 0.00000144. The number of hydrogen-bond donors (Lipinski definition) is 1. The van der Waals surface area contributed by atoms with Crippen LogP contribution in [-0.2, 0) is 9.53 Å². The van der Waals surface area contributed by atoms with Crippen LogP contribution in [-0.4, -0.2) is 55.6 Å². The zero-order valence-electron chi connectivity index (χ0n) is 9.62. The molecule has 1 N–H and O–H groups in total. The molecule has 0 radical (unpaired) electrons. The van der Waals surface area contributed by atoms with Gasteiger partial charge in [0.05, 0.1) is 18.7 Å². The van der Waals surface area contributed by atoms with Crippen LogP contribution in [0.1, 0.15) is 12.8 Å². The second-order valence-electron chi connectivity index (χ2n) is 4.42. The first kappa shape index (κ1) is 14.6. The predicted molar refractivity (Wildman–Crippen MR) is 60.6 cm³/mol. The van der Waals surface area contributed by atoms with Gasteiger partial charge in [-0.3, -0.25) is 10.1 Å². The number of carbonyl (C=O) groups is 1. The number of rotatable bonds is 2. The third-order valence-electron chi connectivity index (χ3n) is 3.20. The average Bonchev–Trinajstić information content (AvgIpc) is 2.83. The van der Waals surface area contributed by atoms with Crippen molar-refractivity contribution >= 4 is 18.3 Å². The first-order chi connectivity index (χ1) is 7.52. The molecule has 0 spiro atoms. The molecule has 2 heterocycles. The van der Waals surface area contributed by atoms with E-state index < -0.39 is 18.5 Å². The fourth-order valence-corrected chi connectivity index (χ4v) is 2.23. The van der Waals surface area contributed by atoms with Crippen molar-refractivity contribution in [3.05, 3.63) is 0 Å². The Bertz CT molecular complexity index is 291. The zero-order chi connectivity index (χ0) is 11.8. The standard InChI is InChI=1S/C10H16F2N2O2.ClH/c1-16-7-2-3-14(5-7)9(15)8-4-10(11,12)6-13-8;/h7-8,13H,2-6H2,1H3;1H/t7-,8?;/m0./s1. The quantitative estimate of drug-likeness (QED) is 0.801. The SMILES string of the molecule is CO[C@H]1CCN(C(=O)C2CC(F)(F)CN2)C1.Cl. The van der Waals surface area contributed by atoms with Crippen LogP contribution in [0.25, 0.3) is 0 Å². The molecular weight excluding hydrogens is 254 g/mol. The molecule has 0 saturated carbocycles. The van der Waals surface area contributed by atoms with Crippen molar-refractivity contribution in [3.63, 3.8) is 0 Å². The molecule has 2 saturated heterocycles. The Morgan fingerprint density at radius 3 is 2.71 bits per heavy atom. The molecule has 0 aromatic carbocycles. The summed E-state index contributed by atoms with van der Waals surface area (Å²) in [4.78, 5) is 13.5. The number of nitrogens with one attached hydrogen (secondary N) is 1. The van der Waals surface area contributed by atoms with Gasteiger partial charge in [-0.15, -0.1) is 12.4 Å². The molecule has 2 aliphatic rings. The third-order valence-corrected chi connectivity index (χ3v) is 3.20. The number of likely N-dealkylation sites (tertiary alicyclic amines) is 1. The van der Waals surface area contributed by atoms with E-state index in [0.717, 1.165) is 6.42 Å². The Morgan fingerprint density at radius 2 is 2.24 bits per heavy atom. The summed E-state index contributed by atoms with van der Waals surface area (Å²) in [5.74, 6) is -2.97. The van der Waals surface area contributed by atoms with E-state index in [2.05, 4.69) is 5.32 Å². The molecule has 0 aromatic heterocycles. The molecule has 1 unspecified atom stereocenters. The Hall–Kier alpha value is -0.460.